The Morgan fingerprint density at radius 2 is 2.14 bits per heavy atom. The topological polar surface area (TPSA) is 67.6 Å². The maximum absolute atomic E-state index is 10.3. The lowest BCUT2D eigenvalue weighted by molar-refractivity contribution is -0.125. The molecule has 82 valence electrons. The van der Waals surface area contributed by atoms with Crippen LogP contribution >= 0.6 is 0 Å². The van der Waals surface area contributed by atoms with E-state index < -0.39 is 5.91 Å². The molecule has 5 heteroatoms. The molecule has 0 saturated carbocycles. The van der Waals surface area contributed by atoms with Crippen molar-refractivity contribution in [3.05, 3.63) is 0 Å². The van der Waals surface area contributed by atoms with Gasteiger partial charge in [-0.15, -0.1) is 0 Å². The monoisotopic (exact) mass is 201 g/mol. The largest absolute Gasteiger partial charge is 0.368 e. The second-order valence-corrected chi connectivity index (χ2v) is 3.55. The number of nitrogens with zero attached hydrogens (tertiary/aromatic N) is 1. The van der Waals surface area contributed by atoms with Gasteiger partial charge in [-0.05, 0) is 38.9 Å². The molecule has 1 aliphatic heterocycles. The van der Waals surface area contributed by atoms with Crippen LogP contribution in [-0.2, 0) is 9.63 Å². The van der Waals surface area contributed by atoms with E-state index in [0.29, 0.717) is 0 Å². The van der Waals surface area contributed by atoms with Gasteiger partial charge in [-0.1, -0.05) is 0 Å². The molecule has 14 heavy (non-hydrogen) atoms. The molecule has 1 saturated heterocycles. The maximum Gasteiger partial charge on any atom is 0.245 e. The number of primary amides is 1. The van der Waals surface area contributed by atoms with Crippen molar-refractivity contribution in [3.8, 4) is 0 Å². The number of carbonyl (C=O) groups is 1. The lowest BCUT2D eigenvalue weighted by Gasteiger charge is -2.13. The SMILES string of the molecule is NC(=O)CONCCCN1CCCC1. The Kier molecular flexibility index (Phi) is 5.51. The minimum absolute atomic E-state index is 0.0519. The van der Waals surface area contributed by atoms with Gasteiger partial charge in [-0.25, -0.2) is 5.48 Å². The Labute approximate surface area is 84.5 Å². The Morgan fingerprint density at radius 3 is 2.79 bits per heavy atom. The fourth-order valence-corrected chi connectivity index (χ4v) is 1.58. The van der Waals surface area contributed by atoms with Gasteiger partial charge in [0.05, 0.1) is 0 Å². The molecule has 0 aromatic carbocycles. The van der Waals surface area contributed by atoms with E-state index >= 15 is 0 Å². The highest BCUT2D eigenvalue weighted by atomic mass is 16.6. The molecule has 1 heterocycles. The van der Waals surface area contributed by atoms with Gasteiger partial charge in [0, 0.05) is 6.54 Å². The summed E-state index contributed by atoms with van der Waals surface area (Å²) in [5, 5.41) is 0. The molecule has 0 radical (unpaired) electrons. The van der Waals surface area contributed by atoms with Gasteiger partial charge in [0.2, 0.25) is 5.91 Å². The molecule has 0 bridgehead atoms. The summed E-state index contributed by atoms with van der Waals surface area (Å²) < 4.78 is 0. The summed E-state index contributed by atoms with van der Waals surface area (Å²) in [6, 6.07) is 0. The van der Waals surface area contributed by atoms with E-state index in [9.17, 15) is 4.79 Å². The summed E-state index contributed by atoms with van der Waals surface area (Å²) in [5.41, 5.74) is 7.61. The van der Waals surface area contributed by atoms with Crippen LogP contribution in [-0.4, -0.2) is 43.6 Å². The lowest BCUT2D eigenvalue weighted by atomic mass is 10.4. The summed E-state index contributed by atoms with van der Waals surface area (Å²) in [5.74, 6) is -0.447. The van der Waals surface area contributed by atoms with Crippen LogP contribution in [0, 0.1) is 0 Å². The molecule has 3 N–H and O–H groups in total. The third-order valence-electron chi connectivity index (χ3n) is 2.27. The van der Waals surface area contributed by atoms with Crippen LogP contribution in [0.15, 0.2) is 0 Å². The molecule has 0 aromatic rings. The van der Waals surface area contributed by atoms with Crippen molar-refractivity contribution in [2.75, 3.05) is 32.8 Å². The number of hydrogen-bond donors (Lipinski definition) is 2. The Balaban J connectivity index is 1.82. The van der Waals surface area contributed by atoms with Crippen LogP contribution < -0.4 is 11.2 Å². The number of likely N-dealkylation sites (tertiary alicyclic amines) is 1. The fraction of sp³-hybridized carbons (Fsp3) is 0.889. The maximum atomic E-state index is 10.3. The standard InChI is InChI=1S/C9H19N3O2/c10-9(13)8-14-11-4-3-7-12-5-1-2-6-12/h11H,1-8H2,(H2,10,13). The van der Waals surface area contributed by atoms with Crippen LogP contribution in [0.25, 0.3) is 0 Å². The number of carbonyl (C=O) groups excluding carboxylic acids is 1. The van der Waals surface area contributed by atoms with E-state index in [-0.39, 0.29) is 6.61 Å². The van der Waals surface area contributed by atoms with Gasteiger partial charge in [0.25, 0.3) is 0 Å². The lowest BCUT2D eigenvalue weighted by Crippen LogP contribution is -2.28. The zero-order valence-corrected chi connectivity index (χ0v) is 8.50. The molecule has 1 aliphatic rings. The normalized spacial score (nSPS) is 17.4. The Morgan fingerprint density at radius 1 is 1.43 bits per heavy atom. The summed E-state index contributed by atoms with van der Waals surface area (Å²) in [6.07, 6.45) is 3.69. The van der Waals surface area contributed by atoms with Crippen LogP contribution in [0.2, 0.25) is 0 Å². The number of rotatable bonds is 7. The van der Waals surface area contributed by atoms with Crippen molar-refractivity contribution < 1.29 is 9.63 Å². The molecular weight excluding hydrogens is 182 g/mol. The molecule has 1 fully saturated rings. The highest BCUT2D eigenvalue weighted by molar-refractivity contribution is 5.74. The average molecular weight is 201 g/mol. The van der Waals surface area contributed by atoms with Gasteiger partial charge in [-0.2, -0.15) is 0 Å². The second kappa shape index (κ2) is 6.75. The van der Waals surface area contributed by atoms with Gasteiger partial charge in [-0.3, -0.25) is 9.63 Å². The van der Waals surface area contributed by atoms with Crippen molar-refractivity contribution in [1.29, 1.82) is 0 Å². The van der Waals surface area contributed by atoms with Crippen molar-refractivity contribution in [2.45, 2.75) is 19.3 Å². The van der Waals surface area contributed by atoms with Crippen LogP contribution in [0.4, 0.5) is 0 Å². The zero-order chi connectivity index (χ0) is 10.2. The molecule has 5 nitrogen and oxygen atoms in total. The van der Waals surface area contributed by atoms with Crippen molar-refractivity contribution >= 4 is 5.91 Å². The third-order valence-corrected chi connectivity index (χ3v) is 2.27. The summed E-state index contributed by atoms with van der Waals surface area (Å²) >= 11 is 0. The quantitative estimate of drug-likeness (QED) is 0.429. The highest BCUT2D eigenvalue weighted by Crippen LogP contribution is 2.06. The predicted molar refractivity (Wildman–Crippen MR) is 53.4 cm³/mol. The van der Waals surface area contributed by atoms with E-state index in [0.717, 1.165) is 19.5 Å². The number of nitrogens with two attached hydrogens (primary N) is 1. The minimum Gasteiger partial charge on any atom is -0.368 e. The zero-order valence-electron chi connectivity index (χ0n) is 8.50. The van der Waals surface area contributed by atoms with Crippen molar-refractivity contribution in [2.24, 2.45) is 5.73 Å². The predicted octanol–water partition coefficient (Wildman–Crippen LogP) is -0.521. The average Bonchev–Trinajstić information content (AvgIpc) is 2.63. The molecule has 0 spiro atoms. The summed E-state index contributed by atoms with van der Waals surface area (Å²) in [7, 11) is 0. The third kappa shape index (κ3) is 5.16. The fourth-order valence-electron chi connectivity index (χ4n) is 1.58. The van der Waals surface area contributed by atoms with Crippen molar-refractivity contribution in [3.63, 3.8) is 0 Å². The first-order chi connectivity index (χ1) is 6.79. The number of nitrogens with one attached hydrogen (secondary N) is 1. The smallest absolute Gasteiger partial charge is 0.245 e. The Hall–Kier alpha value is -0.650. The van der Waals surface area contributed by atoms with E-state index in [1.807, 2.05) is 0 Å². The molecule has 0 aromatic heterocycles. The van der Waals surface area contributed by atoms with E-state index in [1.54, 1.807) is 0 Å². The van der Waals surface area contributed by atoms with Gasteiger partial charge < -0.3 is 10.6 Å². The van der Waals surface area contributed by atoms with Crippen LogP contribution in [0.5, 0.6) is 0 Å². The highest BCUT2D eigenvalue weighted by Gasteiger charge is 2.09. The first kappa shape index (κ1) is 11.4. The van der Waals surface area contributed by atoms with Gasteiger partial charge >= 0.3 is 0 Å². The van der Waals surface area contributed by atoms with E-state index in [4.69, 9.17) is 10.6 Å². The van der Waals surface area contributed by atoms with Crippen LogP contribution in [0.1, 0.15) is 19.3 Å². The number of amides is 1. The van der Waals surface area contributed by atoms with Gasteiger partial charge in [0.1, 0.15) is 6.61 Å². The molecule has 0 aliphatic carbocycles. The second-order valence-electron chi connectivity index (χ2n) is 3.55. The molecule has 0 atom stereocenters. The Bertz CT molecular complexity index is 169. The van der Waals surface area contributed by atoms with Crippen molar-refractivity contribution in [1.82, 2.24) is 10.4 Å². The summed E-state index contributed by atoms with van der Waals surface area (Å²) in [6.45, 7) is 4.27. The van der Waals surface area contributed by atoms with Gasteiger partial charge in [0.15, 0.2) is 0 Å². The molecule has 1 rings (SSSR count). The van der Waals surface area contributed by atoms with Crippen LogP contribution in [0.3, 0.4) is 0 Å². The molecular formula is C9H19N3O2. The van der Waals surface area contributed by atoms with E-state index in [1.165, 1.54) is 25.9 Å². The van der Waals surface area contributed by atoms with E-state index in [2.05, 4.69) is 10.4 Å². The first-order valence-corrected chi connectivity index (χ1v) is 5.14. The molecule has 1 amide bonds. The number of hydrogen-bond acceptors (Lipinski definition) is 4. The summed E-state index contributed by atoms with van der Waals surface area (Å²) in [4.78, 5) is 17.5. The first-order valence-electron chi connectivity index (χ1n) is 5.14. The minimum atomic E-state index is -0.447. The number of hydroxylamine groups is 1. The molecule has 0 unspecified atom stereocenters.